The van der Waals surface area contributed by atoms with Crippen LogP contribution in [0.3, 0.4) is 0 Å². The van der Waals surface area contributed by atoms with E-state index in [2.05, 4.69) is 47.2 Å². The zero-order valence-electron chi connectivity index (χ0n) is 15.4. The molecule has 1 aliphatic carbocycles. The van der Waals surface area contributed by atoms with Crippen molar-refractivity contribution in [1.29, 1.82) is 0 Å². The van der Waals surface area contributed by atoms with Gasteiger partial charge in [0.05, 0.1) is 22.9 Å². The number of pyridine rings is 1. The number of rotatable bonds is 5. The summed E-state index contributed by atoms with van der Waals surface area (Å²) in [5.74, 6) is 1.95. The number of benzene rings is 1. The first kappa shape index (κ1) is 17.7. The fraction of sp³-hybridized carbons (Fsp3) is 0.381. The first-order chi connectivity index (χ1) is 13.7. The zero-order chi connectivity index (χ0) is 19.1. The van der Waals surface area contributed by atoms with Crippen molar-refractivity contribution in [2.45, 2.75) is 31.2 Å². The monoisotopic (exact) mass is 439 g/mol. The summed E-state index contributed by atoms with van der Waals surface area (Å²) in [5, 5.41) is 3.22. The van der Waals surface area contributed by atoms with Gasteiger partial charge in [0.2, 0.25) is 5.91 Å². The topological polar surface area (TPSA) is 73.9 Å². The number of anilines is 1. The number of para-hydroxylation sites is 2. The summed E-state index contributed by atoms with van der Waals surface area (Å²) in [6.07, 6.45) is 6.24. The van der Waals surface area contributed by atoms with Crippen LogP contribution in [0.2, 0.25) is 0 Å². The normalized spacial score (nSPS) is 23.9. The van der Waals surface area contributed by atoms with Crippen LogP contribution in [0.1, 0.15) is 31.0 Å². The van der Waals surface area contributed by atoms with Gasteiger partial charge in [0.25, 0.3) is 0 Å². The molecule has 28 heavy (non-hydrogen) atoms. The van der Waals surface area contributed by atoms with E-state index in [4.69, 9.17) is 0 Å². The lowest BCUT2D eigenvalue weighted by atomic mass is 10.2. The Kier molecular flexibility index (Phi) is 4.55. The smallest absolute Gasteiger partial charge is 0.220 e. The number of H-pyrrole nitrogens is 1. The first-order valence-electron chi connectivity index (χ1n) is 9.75. The van der Waals surface area contributed by atoms with Crippen molar-refractivity contribution >= 4 is 38.6 Å². The number of nitrogens with one attached hydrogen (secondary N) is 2. The van der Waals surface area contributed by atoms with Crippen LogP contribution < -0.4 is 10.2 Å². The standard InChI is InChI=1S/C21H22BrN5O/c22-14-9-16(11-23-10-14)27-6-5-15(12-27)24-20(28)8-13-7-17(13)21-25-18-3-1-2-4-19(18)26-21/h1-4,9-11,13,15,17H,5-8,12H2,(H,24,28)(H,25,26)/t13-,15+,17-/m0/s1. The number of halogens is 1. The van der Waals surface area contributed by atoms with Crippen molar-refractivity contribution in [2.24, 2.45) is 5.92 Å². The summed E-state index contributed by atoms with van der Waals surface area (Å²) >= 11 is 3.47. The van der Waals surface area contributed by atoms with Gasteiger partial charge in [-0.2, -0.15) is 0 Å². The molecule has 0 bridgehead atoms. The van der Waals surface area contributed by atoms with E-state index in [1.807, 2.05) is 30.5 Å². The Morgan fingerprint density at radius 2 is 2.21 bits per heavy atom. The Bertz CT molecular complexity index is 986. The number of carbonyl (C=O) groups is 1. The van der Waals surface area contributed by atoms with Crippen molar-refractivity contribution in [1.82, 2.24) is 20.3 Å². The minimum atomic E-state index is 0.155. The quantitative estimate of drug-likeness (QED) is 0.636. The molecule has 3 atom stereocenters. The fourth-order valence-electron chi connectivity index (χ4n) is 4.17. The van der Waals surface area contributed by atoms with E-state index in [0.717, 1.165) is 52.9 Å². The molecule has 2 N–H and O–H groups in total. The summed E-state index contributed by atoms with van der Waals surface area (Å²) < 4.78 is 0.975. The highest BCUT2D eigenvalue weighted by Gasteiger charge is 2.42. The molecule has 0 unspecified atom stereocenters. The molecule has 3 aromatic rings. The third-order valence-electron chi connectivity index (χ3n) is 5.74. The molecule has 144 valence electrons. The molecule has 0 spiro atoms. The Hall–Kier alpha value is -2.41. The molecule has 2 aromatic heterocycles. The second-order valence-electron chi connectivity index (χ2n) is 7.81. The van der Waals surface area contributed by atoms with Gasteiger partial charge < -0.3 is 15.2 Å². The van der Waals surface area contributed by atoms with Crippen molar-refractivity contribution in [2.75, 3.05) is 18.0 Å². The molecule has 2 fully saturated rings. The average molecular weight is 440 g/mol. The number of imidazole rings is 1. The molecule has 1 amide bonds. The predicted octanol–water partition coefficient (Wildman–Crippen LogP) is 3.61. The lowest BCUT2D eigenvalue weighted by Gasteiger charge is -2.19. The van der Waals surface area contributed by atoms with Gasteiger partial charge in [0.15, 0.2) is 0 Å². The SMILES string of the molecule is O=C(C[C@@H]1C[C@@H]1c1nc2ccccc2[nH]1)N[C@@H]1CCN(c2cncc(Br)c2)C1. The molecule has 5 rings (SSSR count). The minimum Gasteiger partial charge on any atom is -0.368 e. The molecule has 1 saturated heterocycles. The van der Waals surface area contributed by atoms with E-state index < -0.39 is 0 Å². The zero-order valence-corrected chi connectivity index (χ0v) is 17.0. The second kappa shape index (κ2) is 7.20. The minimum absolute atomic E-state index is 0.155. The summed E-state index contributed by atoms with van der Waals surface area (Å²) in [4.78, 5) is 27.1. The van der Waals surface area contributed by atoms with Crippen LogP contribution in [0, 0.1) is 5.92 Å². The van der Waals surface area contributed by atoms with Crippen LogP contribution in [0.4, 0.5) is 5.69 Å². The van der Waals surface area contributed by atoms with E-state index in [0.29, 0.717) is 18.3 Å². The van der Waals surface area contributed by atoms with Gasteiger partial charge >= 0.3 is 0 Å². The van der Waals surface area contributed by atoms with Gasteiger partial charge in [0.1, 0.15) is 5.82 Å². The van der Waals surface area contributed by atoms with Gasteiger partial charge in [-0.25, -0.2) is 4.98 Å². The van der Waals surface area contributed by atoms with Crippen LogP contribution in [0.15, 0.2) is 47.2 Å². The highest BCUT2D eigenvalue weighted by molar-refractivity contribution is 9.10. The molecule has 6 nitrogen and oxygen atoms in total. The number of aromatic nitrogens is 3. The molecule has 7 heteroatoms. The van der Waals surface area contributed by atoms with E-state index in [-0.39, 0.29) is 11.9 Å². The Morgan fingerprint density at radius 3 is 3.07 bits per heavy atom. The number of fused-ring (bicyclic) bond motifs is 1. The molecule has 2 aliphatic rings. The maximum atomic E-state index is 12.5. The predicted molar refractivity (Wildman–Crippen MR) is 112 cm³/mol. The number of amides is 1. The van der Waals surface area contributed by atoms with Crippen molar-refractivity contribution in [3.05, 3.63) is 53.0 Å². The average Bonchev–Trinajstić information content (AvgIpc) is 3.10. The van der Waals surface area contributed by atoms with E-state index in [1.165, 1.54) is 0 Å². The lowest BCUT2D eigenvalue weighted by Crippen LogP contribution is -2.37. The number of nitrogens with zero attached hydrogens (tertiary/aromatic N) is 3. The molecule has 1 aromatic carbocycles. The van der Waals surface area contributed by atoms with Gasteiger partial charge in [-0.05, 0) is 52.9 Å². The van der Waals surface area contributed by atoms with Gasteiger partial charge in [-0.1, -0.05) is 12.1 Å². The number of aromatic amines is 1. The summed E-state index contributed by atoms with van der Waals surface area (Å²) in [5.41, 5.74) is 3.17. The summed E-state index contributed by atoms with van der Waals surface area (Å²) in [7, 11) is 0. The van der Waals surface area contributed by atoms with Crippen LogP contribution in [0.5, 0.6) is 0 Å². The maximum absolute atomic E-state index is 12.5. The maximum Gasteiger partial charge on any atom is 0.220 e. The first-order valence-corrected chi connectivity index (χ1v) is 10.5. The van der Waals surface area contributed by atoms with Gasteiger partial charge in [0, 0.05) is 42.1 Å². The van der Waals surface area contributed by atoms with Crippen LogP contribution in [-0.4, -0.2) is 40.0 Å². The van der Waals surface area contributed by atoms with Gasteiger partial charge in [-0.15, -0.1) is 0 Å². The molecule has 1 aliphatic heterocycles. The lowest BCUT2D eigenvalue weighted by molar-refractivity contribution is -0.122. The van der Waals surface area contributed by atoms with Crippen molar-refractivity contribution in [3.8, 4) is 0 Å². The van der Waals surface area contributed by atoms with Crippen LogP contribution in [0.25, 0.3) is 11.0 Å². The molecule has 3 heterocycles. The van der Waals surface area contributed by atoms with Crippen molar-refractivity contribution < 1.29 is 4.79 Å². The number of hydrogen-bond donors (Lipinski definition) is 2. The highest BCUT2D eigenvalue weighted by atomic mass is 79.9. The summed E-state index contributed by atoms with van der Waals surface area (Å²) in [6, 6.07) is 10.3. The third-order valence-corrected chi connectivity index (χ3v) is 6.17. The molecular formula is C21H22BrN5O. The van der Waals surface area contributed by atoms with Crippen LogP contribution in [-0.2, 0) is 4.79 Å². The Morgan fingerprint density at radius 1 is 1.32 bits per heavy atom. The van der Waals surface area contributed by atoms with E-state index in [1.54, 1.807) is 6.20 Å². The largest absolute Gasteiger partial charge is 0.368 e. The molecule has 1 saturated carbocycles. The fourth-order valence-corrected chi connectivity index (χ4v) is 4.52. The summed E-state index contributed by atoms with van der Waals surface area (Å²) in [6.45, 7) is 1.77. The van der Waals surface area contributed by atoms with E-state index >= 15 is 0 Å². The molecular weight excluding hydrogens is 418 g/mol. The van der Waals surface area contributed by atoms with Crippen molar-refractivity contribution in [3.63, 3.8) is 0 Å². The third kappa shape index (κ3) is 3.63. The highest BCUT2D eigenvalue weighted by Crippen LogP contribution is 2.48. The van der Waals surface area contributed by atoms with E-state index in [9.17, 15) is 4.79 Å². The Labute approximate surface area is 171 Å². The number of hydrogen-bond acceptors (Lipinski definition) is 4. The Balaban J connectivity index is 1.13. The van der Waals surface area contributed by atoms with Crippen LogP contribution >= 0.6 is 15.9 Å². The number of carbonyl (C=O) groups excluding carboxylic acids is 1. The van der Waals surface area contributed by atoms with Gasteiger partial charge in [-0.3, -0.25) is 9.78 Å². The second-order valence-corrected chi connectivity index (χ2v) is 8.72. The molecule has 0 radical (unpaired) electrons.